The van der Waals surface area contributed by atoms with Gasteiger partial charge in [-0.25, -0.2) is 10.2 Å². The lowest BCUT2D eigenvalue weighted by molar-refractivity contribution is -0.120. The number of hydrogen-bond donors (Lipinski definition) is 2. The van der Waals surface area contributed by atoms with Crippen LogP contribution in [0.3, 0.4) is 0 Å². The summed E-state index contributed by atoms with van der Waals surface area (Å²) < 4.78 is 5.08. The average molecular weight is 343 g/mol. The minimum Gasteiger partial charge on any atom is -0.444 e. The number of hydrazone groups is 1. The van der Waals surface area contributed by atoms with Gasteiger partial charge in [0.25, 0.3) is 0 Å². The van der Waals surface area contributed by atoms with E-state index < -0.39 is 11.7 Å². The monoisotopic (exact) mass is 343 g/mol. The maximum absolute atomic E-state index is 11.7. The van der Waals surface area contributed by atoms with Gasteiger partial charge in [-0.15, -0.1) is 0 Å². The highest BCUT2D eigenvalue weighted by Gasteiger charge is 2.15. The number of ether oxygens (including phenoxy) is 1. The van der Waals surface area contributed by atoms with Crippen molar-refractivity contribution in [3.63, 3.8) is 0 Å². The molecule has 132 valence electrons. The second-order valence-corrected chi connectivity index (χ2v) is 6.24. The highest BCUT2D eigenvalue weighted by atomic mass is 16.6. The highest BCUT2D eigenvalue weighted by Crippen LogP contribution is 2.11. The summed E-state index contributed by atoms with van der Waals surface area (Å²) in [6, 6.07) is 5.52. The number of para-hydroxylation sites is 1. The summed E-state index contributed by atoms with van der Waals surface area (Å²) in [5.41, 5.74) is 4.04. The molecule has 2 N–H and O–H groups in total. The van der Waals surface area contributed by atoms with Crippen LogP contribution < -0.4 is 10.7 Å². The van der Waals surface area contributed by atoms with Gasteiger partial charge < -0.3 is 10.1 Å². The number of hydrogen-bond acceptors (Lipinski definition) is 6. The molecule has 2 rings (SSSR count). The molecule has 0 atom stereocenters. The minimum atomic E-state index is -0.571. The molecule has 0 saturated heterocycles. The molecule has 0 unspecified atom stereocenters. The molecule has 25 heavy (non-hydrogen) atoms. The van der Waals surface area contributed by atoms with Crippen LogP contribution in [0.25, 0.3) is 11.0 Å². The number of nitrogens with zero attached hydrogens (tertiary/aromatic N) is 3. The van der Waals surface area contributed by atoms with Gasteiger partial charge in [0.05, 0.1) is 17.2 Å². The second kappa shape index (κ2) is 8.18. The van der Waals surface area contributed by atoms with Crippen LogP contribution >= 0.6 is 0 Å². The molecule has 2 aromatic rings. The lowest BCUT2D eigenvalue weighted by atomic mass is 10.2. The number of benzene rings is 1. The average Bonchev–Trinajstić information content (AvgIpc) is 2.53. The maximum atomic E-state index is 11.7. The fourth-order valence-electron chi connectivity index (χ4n) is 1.94. The molecule has 0 aliphatic carbocycles. The van der Waals surface area contributed by atoms with Gasteiger partial charge in [0.1, 0.15) is 5.60 Å². The van der Waals surface area contributed by atoms with Crippen molar-refractivity contribution in [2.45, 2.75) is 32.8 Å². The Morgan fingerprint density at radius 1 is 1.24 bits per heavy atom. The fourth-order valence-corrected chi connectivity index (χ4v) is 1.94. The number of alkyl carbamates (subject to hydrolysis) is 1. The number of rotatable bonds is 5. The molecule has 0 aliphatic heterocycles. The van der Waals surface area contributed by atoms with E-state index in [2.05, 4.69) is 25.8 Å². The minimum absolute atomic E-state index is 0.0892. The van der Waals surface area contributed by atoms with Crippen molar-refractivity contribution in [2.24, 2.45) is 5.10 Å². The number of amides is 2. The van der Waals surface area contributed by atoms with E-state index in [1.54, 1.807) is 33.2 Å². The first-order valence-electron chi connectivity index (χ1n) is 7.84. The third-order valence-corrected chi connectivity index (χ3v) is 2.94. The summed E-state index contributed by atoms with van der Waals surface area (Å²) in [5, 5.41) is 6.42. The van der Waals surface area contributed by atoms with Crippen molar-refractivity contribution >= 4 is 29.2 Å². The largest absolute Gasteiger partial charge is 0.444 e. The quantitative estimate of drug-likeness (QED) is 0.638. The van der Waals surface area contributed by atoms with Gasteiger partial charge in [0.2, 0.25) is 5.91 Å². The van der Waals surface area contributed by atoms with Crippen molar-refractivity contribution in [3.05, 3.63) is 36.2 Å². The molecular formula is C17H21N5O3. The van der Waals surface area contributed by atoms with Gasteiger partial charge in [-0.3, -0.25) is 14.8 Å². The number of aromatic nitrogens is 2. The summed E-state index contributed by atoms with van der Waals surface area (Å²) in [7, 11) is 0. The number of fused-ring (bicyclic) bond motifs is 1. The zero-order chi connectivity index (χ0) is 18.3. The van der Waals surface area contributed by atoms with E-state index in [0.29, 0.717) is 5.52 Å². The van der Waals surface area contributed by atoms with Gasteiger partial charge in [0.15, 0.2) is 0 Å². The van der Waals surface area contributed by atoms with Crippen LogP contribution in [0.2, 0.25) is 0 Å². The molecule has 0 spiro atoms. The topological polar surface area (TPSA) is 106 Å². The zero-order valence-electron chi connectivity index (χ0n) is 14.4. The van der Waals surface area contributed by atoms with Crippen LogP contribution in [0.4, 0.5) is 4.79 Å². The zero-order valence-corrected chi connectivity index (χ0v) is 14.4. The Morgan fingerprint density at radius 2 is 2.00 bits per heavy atom. The summed E-state index contributed by atoms with van der Waals surface area (Å²) in [4.78, 5) is 31.6. The molecule has 1 aromatic heterocycles. The van der Waals surface area contributed by atoms with E-state index in [0.717, 1.165) is 11.1 Å². The van der Waals surface area contributed by atoms with Crippen molar-refractivity contribution in [3.8, 4) is 0 Å². The van der Waals surface area contributed by atoms with Crippen LogP contribution in [0.15, 0.2) is 35.7 Å². The third-order valence-electron chi connectivity index (χ3n) is 2.94. The predicted octanol–water partition coefficient (Wildman–Crippen LogP) is 1.99. The standard InChI is InChI=1S/C17H21N5O3/c1-17(2,3)25-16(24)20-8-7-14(23)22-21-11-12-5-4-6-13-15(12)19-10-9-18-13/h4-6,9-11H,7-8H2,1-3H3,(H,20,24)(H,22,23). The fraction of sp³-hybridized carbons (Fsp3) is 0.353. The van der Waals surface area contributed by atoms with Gasteiger partial charge in [0, 0.05) is 30.9 Å². The molecule has 8 nitrogen and oxygen atoms in total. The first-order valence-corrected chi connectivity index (χ1v) is 7.84. The van der Waals surface area contributed by atoms with Gasteiger partial charge in [-0.1, -0.05) is 12.1 Å². The summed E-state index contributed by atoms with van der Waals surface area (Å²) in [5.74, 6) is -0.321. The number of carbonyl (C=O) groups excluding carboxylic acids is 2. The van der Waals surface area contributed by atoms with Crippen LogP contribution in [-0.4, -0.2) is 40.3 Å². The molecule has 8 heteroatoms. The Bertz CT molecular complexity index is 778. The van der Waals surface area contributed by atoms with Gasteiger partial charge in [-0.2, -0.15) is 5.10 Å². The second-order valence-electron chi connectivity index (χ2n) is 6.24. The van der Waals surface area contributed by atoms with Gasteiger partial charge in [-0.05, 0) is 26.8 Å². The number of carbonyl (C=O) groups is 2. The lowest BCUT2D eigenvalue weighted by Gasteiger charge is -2.19. The molecular weight excluding hydrogens is 322 g/mol. The molecule has 1 heterocycles. The summed E-state index contributed by atoms with van der Waals surface area (Å²) in [6.45, 7) is 5.47. The maximum Gasteiger partial charge on any atom is 0.407 e. The van der Waals surface area contributed by atoms with Crippen LogP contribution in [0.5, 0.6) is 0 Å². The Kier molecular flexibility index (Phi) is 5.99. The van der Waals surface area contributed by atoms with Crippen LogP contribution in [0, 0.1) is 0 Å². The van der Waals surface area contributed by atoms with Crippen molar-refractivity contribution in [1.82, 2.24) is 20.7 Å². The van der Waals surface area contributed by atoms with E-state index in [4.69, 9.17) is 4.74 Å². The van der Waals surface area contributed by atoms with E-state index in [9.17, 15) is 9.59 Å². The Labute approximate surface area is 145 Å². The molecule has 0 bridgehead atoms. The Morgan fingerprint density at radius 3 is 2.76 bits per heavy atom. The van der Waals surface area contributed by atoms with Crippen molar-refractivity contribution < 1.29 is 14.3 Å². The Hall–Kier alpha value is -3.03. The molecule has 1 aromatic carbocycles. The smallest absolute Gasteiger partial charge is 0.407 e. The molecule has 0 fully saturated rings. The number of nitrogens with one attached hydrogen (secondary N) is 2. The SMILES string of the molecule is CC(C)(C)OC(=O)NCCC(=O)NN=Cc1cccc2nccnc12. The first kappa shape index (κ1) is 18.3. The van der Waals surface area contributed by atoms with Gasteiger partial charge >= 0.3 is 6.09 Å². The molecule has 0 radical (unpaired) electrons. The van der Waals surface area contributed by atoms with E-state index in [1.165, 1.54) is 6.21 Å². The predicted molar refractivity (Wildman–Crippen MR) is 94.1 cm³/mol. The van der Waals surface area contributed by atoms with Crippen molar-refractivity contribution in [1.29, 1.82) is 0 Å². The Balaban J connectivity index is 1.80. The van der Waals surface area contributed by atoms with E-state index in [1.807, 2.05) is 18.2 Å². The summed E-state index contributed by atoms with van der Waals surface area (Å²) >= 11 is 0. The molecule has 0 saturated carbocycles. The van der Waals surface area contributed by atoms with E-state index >= 15 is 0 Å². The van der Waals surface area contributed by atoms with Crippen LogP contribution in [0.1, 0.15) is 32.8 Å². The normalized spacial score (nSPS) is 11.5. The first-order chi connectivity index (χ1) is 11.8. The van der Waals surface area contributed by atoms with Crippen LogP contribution in [-0.2, 0) is 9.53 Å². The molecule has 2 amide bonds. The summed E-state index contributed by atoms with van der Waals surface area (Å²) in [6.07, 6.45) is 4.25. The highest BCUT2D eigenvalue weighted by molar-refractivity contribution is 5.96. The third kappa shape index (κ3) is 6.17. The molecule has 0 aliphatic rings. The van der Waals surface area contributed by atoms with Crippen molar-refractivity contribution in [2.75, 3.05) is 6.54 Å². The lowest BCUT2D eigenvalue weighted by Crippen LogP contribution is -2.34. The van der Waals surface area contributed by atoms with E-state index in [-0.39, 0.29) is 18.9 Å².